The van der Waals surface area contributed by atoms with Crippen LogP contribution in [0.15, 0.2) is 16.6 Å². The van der Waals surface area contributed by atoms with Crippen molar-refractivity contribution < 1.29 is 18.3 Å². The van der Waals surface area contributed by atoms with Crippen LogP contribution in [-0.4, -0.2) is 15.1 Å². The molecular formula is C12H7BrF3N5O. The van der Waals surface area contributed by atoms with Gasteiger partial charge in [0.05, 0.1) is 15.6 Å². The van der Waals surface area contributed by atoms with Crippen LogP contribution in [0, 0.1) is 11.3 Å². The summed E-state index contributed by atoms with van der Waals surface area (Å²) < 4.78 is 39.5. The molecule has 0 aliphatic rings. The number of phenolic OH excluding ortho intramolecular Hbond substituents is 1. The standard InChI is InChI=1S/C12H7BrF3N5O/c13-6-2-1-5(12(14,15)16)7(9(6)22)8-4(3-17)10(18)21-11(19)20-8/h1-2,22H,(H4,18,19,20,21). The molecule has 1 aromatic carbocycles. The smallest absolute Gasteiger partial charge is 0.417 e. The Bertz CT molecular complexity index is 801. The molecule has 0 aliphatic heterocycles. The first-order valence-corrected chi connectivity index (χ1v) is 6.38. The molecule has 0 aliphatic carbocycles. The minimum absolute atomic E-state index is 0.00450. The molecule has 0 amide bonds. The fourth-order valence-electron chi connectivity index (χ4n) is 1.83. The molecule has 0 saturated heterocycles. The number of hydrogen-bond donors (Lipinski definition) is 3. The van der Waals surface area contributed by atoms with Gasteiger partial charge >= 0.3 is 6.18 Å². The van der Waals surface area contributed by atoms with Crippen LogP contribution < -0.4 is 11.5 Å². The molecule has 0 bridgehead atoms. The molecule has 0 saturated carbocycles. The topological polar surface area (TPSA) is 122 Å². The number of rotatable bonds is 1. The molecular weight excluding hydrogens is 367 g/mol. The molecule has 0 unspecified atom stereocenters. The van der Waals surface area contributed by atoms with Crippen molar-refractivity contribution in [3.8, 4) is 23.1 Å². The zero-order chi connectivity index (χ0) is 16.7. The van der Waals surface area contributed by atoms with Crippen LogP contribution >= 0.6 is 15.9 Å². The van der Waals surface area contributed by atoms with Crippen molar-refractivity contribution in [1.82, 2.24) is 9.97 Å². The van der Waals surface area contributed by atoms with Crippen molar-refractivity contribution in [2.45, 2.75) is 6.18 Å². The summed E-state index contributed by atoms with van der Waals surface area (Å²) in [5, 5.41) is 19.1. The number of nitrogens with two attached hydrogens (primary N) is 2. The van der Waals surface area contributed by atoms with Gasteiger partial charge in [0.1, 0.15) is 28.9 Å². The Balaban J connectivity index is 2.95. The summed E-state index contributed by atoms with van der Waals surface area (Å²) in [7, 11) is 0. The summed E-state index contributed by atoms with van der Waals surface area (Å²) in [5.41, 5.74) is 8.10. The molecule has 0 spiro atoms. The number of benzene rings is 1. The second kappa shape index (κ2) is 5.34. The SMILES string of the molecule is N#Cc1c(N)nc(N)nc1-c1c(C(F)(F)F)ccc(Br)c1O. The van der Waals surface area contributed by atoms with Crippen LogP contribution in [0.3, 0.4) is 0 Å². The van der Waals surface area contributed by atoms with Gasteiger partial charge in [0.15, 0.2) is 0 Å². The number of nitriles is 1. The average molecular weight is 374 g/mol. The predicted octanol–water partition coefficient (Wildman–Crippen LogP) is 2.67. The van der Waals surface area contributed by atoms with Gasteiger partial charge in [0.2, 0.25) is 5.95 Å². The highest BCUT2D eigenvalue weighted by Crippen LogP contribution is 2.45. The van der Waals surface area contributed by atoms with Crippen molar-refractivity contribution in [2.75, 3.05) is 11.5 Å². The van der Waals surface area contributed by atoms with E-state index in [0.29, 0.717) is 0 Å². The first-order valence-electron chi connectivity index (χ1n) is 5.59. The van der Waals surface area contributed by atoms with E-state index in [0.717, 1.165) is 12.1 Å². The first-order chi connectivity index (χ1) is 10.2. The van der Waals surface area contributed by atoms with Crippen LogP contribution in [0.25, 0.3) is 11.3 Å². The van der Waals surface area contributed by atoms with Gasteiger partial charge in [-0.25, -0.2) is 4.98 Å². The number of anilines is 2. The van der Waals surface area contributed by atoms with Crippen LogP contribution in [0.4, 0.5) is 24.9 Å². The lowest BCUT2D eigenvalue weighted by atomic mass is 9.99. The maximum atomic E-state index is 13.2. The average Bonchev–Trinajstić information content (AvgIpc) is 2.39. The number of alkyl halides is 3. The number of phenols is 1. The van der Waals surface area contributed by atoms with Crippen LogP contribution in [0.1, 0.15) is 11.1 Å². The number of hydrogen-bond acceptors (Lipinski definition) is 6. The summed E-state index contributed by atoms with van der Waals surface area (Å²) in [6.45, 7) is 0. The van der Waals surface area contributed by atoms with Crippen molar-refractivity contribution in [3.63, 3.8) is 0 Å². The van der Waals surface area contributed by atoms with Crippen molar-refractivity contribution >= 4 is 27.7 Å². The Morgan fingerprint density at radius 2 is 1.86 bits per heavy atom. The molecule has 10 heteroatoms. The Morgan fingerprint density at radius 3 is 2.41 bits per heavy atom. The van der Waals surface area contributed by atoms with Crippen molar-refractivity contribution in [1.29, 1.82) is 5.26 Å². The minimum atomic E-state index is -4.78. The van der Waals surface area contributed by atoms with Gasteiger partial charge < -0.3 is 16.6 Å². The molecule has 114 valence electrons. The molecule has 22 heavy (non-hydrogen) atoms. The van der Waals surface area contributed by atoms with E-state index in [1.807, 2.05) is 0 Å². The number of halogens is 4. The third kappa shape index (κ3) is 2.62. The maximum Gasteiger partial charge on any atom is 0.417 e. The summed E-state index contributed by atoms with van der Waals surface area (Å²) in [4.78, 5) is 7.16. The fraction of sp³-hybridized carbons (Fsp3) is 0.0833. The molecule has 5 N–H and O–H groups in total. The molecule has 2 aromatic rings. The van der Waals surface area contributed by atoms with E-state index in [-0.39, 0.29) is 10.3 Å². The molecule has 1 heterocycles. The van der Waals surface area contributed by atoms with Gasteiger partial charge in [-0.15, -0.1) is 0 Å². The lowest BCUT2D eigenvalue weighted by molar-refractivity contribution is -0.137. The predicted molar refractivity (Wildman–Crippen MR) is 75.4 cm³/mol. The van der Waals surface area contributed by atoms with E-state index in [4.69, 9.17) is 16.7 Å². The highest BCUT2D eigenvalue weighted by Gasteiger charge is 2.37. The lowest BCUT2D eigenvalue weighted by Crippen LogP contribution is -2.11. The maximum absolute atomic E-state index is 13.2. The lowest BCUT2D eigenvalue weighted by Gasteiger charge is -2.16. The number of aromatic hydroxyl groups is 1. The zero-order valence-corrected chi connectivity index (χ0v) is 12.2. The van der Waals surface area contributed by atoms with E-state index < -0.39 is 40.3 Å². The van der Waals surface area contributed by atoms with Crippen LogP contribution in [0.2, 0.25) is 0 Å². The van der Waals surface area contributed by atoms with E-state index >= 15 is 0 Å². The molecule has 6 nitrogen and oxygen atoms in total. The third-order valence-corrected chi connectivity index (χ3v) is 3.38. The Kier molecular flexibility index (Phi) is 3.85. The van der Waals surface area contributed by atoms with Crippen LogP contribution in [0.5, 0.6) is 5.75 Å². The number of nitrogens with zero attached hydrogens (tertiary/aromatic N) is 3. The fourth-order valence-corrected chi connectivity index (χ4v) is 2.16. The highest BCUT2D eigenvalue weighted by atomic mass is 79.9. The minimum Gasteiger partial charge on any atom is -0.506 e. The van der Waals surface area contributed by atoms with E-state index in [1.54, 1.807) is 6.07 Å². The van der Waals surface area contributed by atoms with E-state index in [9.17, 15) is 18.3 Å². The van der Waals surface area contributed by atoms with E-state index in [1.165, 1.54) is 0 Å². The van der Waals surface area contributed by atoms with Crippen LogP contribution in [-0.2, 0) is 6.18 Å². The Morgan fingerprint density at radius 1 is 1.23 bits per heavy atom. The normalized spacial score (nSPS) is 11.2. The summed E-state index contributed by atoms with van der Waals surface area (Å²) in [6, 6.07) is 3.39. The molecule has 1 aromatic heterocycles. The Labute approximate surface area is 130 Å². The van der Waals surface area contributed by atoms with Gasteiger partial charge in [0.25, 0.3) is 0 Å². The van der Waals surface area contributed by atoms with Crippen molar-refractivity contribution in [2.24, 2.45) is 0 Å². The highest BCUT2D eigenvalue weighted by molar-refractivity contribution is 9.10. The summed E-state index contributed by atoms with van der Waals surface area (Å²) in [6.07, 6.45) is -4.78. The second-order valence-electron chi connectivity index (χ2n) is 4.12. The third-order valence-electron chi connectivity index (χ3n) is 2.74. The largest absolute Gasteiger partial charge is 0.506 e. The number of aromatic nitrogens is 2. The van der Waals surface area contributed by atoms with Crippen molar-refractivity contribution in [3.05, 3.63) is 27.7 Å². The molecule has 0 radical (unpaired) electrons. The molecule has 0 fully saturated rings. The van der Waals surface area contributed by atoms with E-state index in [2.05, 4.69) is 25.9 Å². The van der Waals surface area contributed by atoms with Gasteiger partial charge in [-0.05, 0) is 28.1 Å². The molecule has 2 rings (SSSR count). The quantitative estimate of drug-likeness (QED) is 0.706. The second-order valence-corrected chi connectivity index (χ2v) is 4.97. The summed E-state index contributed by atoms with van der Waals surface area (Å²) >= 11 is 2.92. The zero-order valence-electron chi connectivity index (χ0n) is 10.6. The first kappa shape index (κ1) is 15.8. The monoisotopic (exact) mass is 373 g/mol. The van der Waals surface area contributed by atoms with Gasteiger partial charge in [-0.2, -0.15) is 23.4 Å². The van der Waals surface area contributed by atoms with Gasteiger partial charge in [-0.1, -0.05) is 0 Å². The summed E-state index contributed by atoms with van der Waals surface area (Å²) in [5.74, 6) is -1.53. The number of nitrogen functional groups attached to an aromatic ring is 2. The molecule has 0 atom stereocenters. The van der Waals surface area contributed by atoms with Gasteiger partial charge in [-0.3, -0.25) is 0 Å². The Hall–Kier alpha value is -2.54. The van der Waals surface area contributed by atoms with Gasteiger partial charge in [0, 0.05) is 0 Å².